The molecule has 1 N–H and O–H groups in total. The molecule has 24 heavy (non-hydrogen) atoms. The van der Waals surface area contributed by atoms with Crippen molar-refractivity contribution in [1.82, 2.24) is 10.2 Å². The molecule has 0 unspecified atom stereocenters. The minimum absolute atomic E-state index is 0.186. The third-order valence-electron chi connectivity index (χ3n) is 4.85. The monoisotopic (exact) mass is 334 g/mol. The molecule has 0 aromatic heterocycles. The van der Waals surface area contributed by atoms with Gasteiger partial charge in [0.1, 0.15) is 11.6 Å². The van der Waals surface area contributed by atoms with Gasteiger partial charge in [0, 0.05) is 25.9 Å². The van der Waals surface area contributed by atoms with Crippen LogP contribution in [0.2, 0.25) is 0 Å². The van der Waals surface area contributed by atoms with Gasteiger partial charge >= 0.3 is 0 Å². The summed E-state index contributed by atoms with van der Waals surface area (Å²) in [5, 5.41) is 2.32. The average molecular weight is 334 g/mol. The lowest BCUT2D eigenvalue weighted by Crippen LogP contribution is -2.50. The maximum atomic E-state index is 13.5. The fraction of sp³-hybridized carbons (Fsp3) is 0.471. The Morgan fingerprint density at radius 1 is 1.21 bits per heavy atom. The Kier molecular flexibility index (Phi) is 4.26. The van der Waals surface area contributed by atoms with E-state index in [0.717, 1.165) is 0 Å². The number of nitrogens with one attached hydrogen (secondary N) is 1. The summed E-state index contributed by atoms with van der Waals surface area (Å²) in [7, 11) is 1.43. The van der Waals surface area contributed by atoms with Crippen LogP contribution in [0, 0.1) is 11.2 Å². The van der Waals surface area contributed by atoms with Crippen LogP contribution in [0.25, 0.3) is 0 Å². The summed E-state index contributed by atoms with van der Waals surface area (Å²) in [5.41, 5.74) is -0.173. The molecule has 1 spiro atoms. The van der Waals surface area contributed by atoms with Gasteiger partial charge in [0.2, 0.25) is 11.8 Å². The normalized spacial score (nSPS) is 20.0. The van der Waals surface area contributed by atoms with Crippen LogP contribution in [-0.4, -0.2) is 42.8 Å². The van der Waals surface area contributed by atoms with Crippen LogP contribution in [0.15, 0.2) is 18.2 Å². The van der Waals surface area contributed by atoms with Crippen molar-refractivity contribution in [2.24, 2.45) is 5.41 Å². The zero-order valence-corrected chi connectivity index (χ0v) is 13.4. The molecule has 0 saturated carbocycles. The second kappa shape index (κ2) is 6.22. The van der Waals surface area contributed by atoms with Crippen molar-refractivity contribution in [3.63, 3.8) is 0 Å². The first kappa shape index (κ1) is 16.4. The van der Waals surface area contributed by atoms with Crippen molar-refractivity contribution < 1.29 is 23.5 Å². The number of halogens is 1. The van der Waals surface area contributed by atoms with Gasteiger partial charge in [-0.1, -0.05) is 0 Å². The number of nitrogens with zero attached hydrogens (tertiary/aromatic N) is 1. The Bertz CT molecular complexity index is 678. The summed E-state index contributed by atoms with van der Waals surface area (Å²) in [4.78, 5) is 37.6. The molecule has 6 nitrogen and oxygen atoms in total. The second-order valence-corrected chi connectivity index (χ2v) is 6.46. The summed E-state index contributed by atoms with van der Waals surface area (Å²) in [6, 6.07) is 3.84. The maximum Gasteiger partial charge on any atom is 0.257 e. The molecule has 1 aromatic carbocycles. The van der Waals surface area contributed by atoms with E-state index in [1.807, 2.05) is 0 Å². The number of rotatable bonds is 2. The van der Waals surface area contributed by atoms with Crippen LogP contribution < -0.4 is 10.1 Å². The smallest absolute Gasteiger partial charge is 0.257 e. The summed E-state index contributed by atoms with van der Waals surface area (Å²) in [6.45, 7) is 0.859. The Labute approximate surface area is 139 Å². The maximum absolute atomic E-state index is 13.5. The van der Waals surface area contributed by atoms with E-state index in [1.165, 1.54) is 25.3 Å². The van der Waals surface area contributed by atoms with Gasteiger partial charge in [-0.15, -0.1) is 0 Å². The molecule has 128 valence electrons. The molecule has 2 aliphatic heterocycles. The first-order valence-corrected chi connectivity index (χ1v) is 7.88. The molecule has 2 aliphatic rings. The average Bonchev–Trinajstić information content (AvgIpc) is 2.53. The fourth-order valence-corrected chi connectivity index (χ4v) is 3.54. The van der Waals surface area contributed by atoms with Gasteiger partial charge < -0.3 is 9.64 Å². The number of ether oxygens (including phenoxy) is 1. The highest BCUT2D eigenvalue weighted by atomic mass is 19.1. The summed E-state index contributed by atoms with van der Waals surface area (Å²) in [5.74, 6) is -0.973. The molecular formula is C17H19FN2O4. The van der Waals surface area contributed by atoms with Crippen molar-refractivity contribution in [1.29, 1.82) is 0 Å². The largest absolute Gasteiger partial charge is 0.496 e. The number of piperidine rings is 2. The number of hydrogen-bond acceptors (Lipinski definition) is 4. The topological polar surface area (TPSA) is 75.7 Å². The number of imide groups is 1. The Morgan fingerprint density at radius 3 is 2.42 bits per heavy atom. The Morgan fingerprint density at radius 2 is 1.83 bits per heavy atom. The standard InChI is InChI=1S/C17H19FN2O4/c1-24-13-3-2-11(18)8-12(13)16(23)20-6-4-17(5-7-20)9-14(21)19-15(22)10-17/h2-3,8H,4-7,9-10H2,1H3,(H,19,21,22). The van der Waals surface area contributed by atoms with Gasteiger partial charge in [-0.25, -0.2) is 4.39 Å². The van der Waals surface area contributed by atoms with Crippen molar-refractivity contribution in [2.45, 2.75) is 25.7 Å². The third kappa shape index (κ3) is 3.11. The molecule has 2 saturated heterocycles. The van der Waals surface area contributed by atoms with Gasteiger partial charge in [-0.2, -0.15) is 0 Å². The Hall–Kier alpha value is -2.44. The molecule has 7 heteroatoms. The van der Waals surface area contributed by atoms with E-state index in [4.69, 9.17) is 4.74 Å². The number of hydrogen-bond donors (Lipinski definition) is 1. The lowest BCUT2D eigenvalue weighted by atomic mass is 9.71. The molecule has 3 rings (SSSR count). The SMILES string of the molecule is COc1ccc(F)cc1C(=O)N1CCC2(CC1)CC(=O)NC(=O)C2. The lowest BCUT2D eigenvalue weighted by molar-refractivity contribution is -0.139. The van der Waals surface area contributed by atoms with Crippen molar-refractivity contribution in [3.05, 3.63) is 29.6 Å². The number of benzene rings is 1. The number of likely N-dealkylation sites (tertiary alicyclic amines) is 1. The van der Waals surface area contributed by atoms with Crippen LogP contribution in [0.5, 0.6) is 5.75 Å². The van der Waals surface area contributed by atoms with Gasteiger partial charge in [0.05, 0.1) is 12.7 Å². The molecular weight excluding hydrogens is 315 g/mol. The highest BCUT2D eigenvalue weighted by Gasteiger charge is 2.42. The van der Waals surface area contributed by atoms with Crippen LogP contribution in [0.3, 0.4) is 0 Å². The number of carbonyl (C=O) groups excluding carboxylic acids is 3. The first-order valence-electron chi connectivity index (χ1n) is 7.88. The molecule has 0 atom stereocenters. The van der Waals surface area contributed by atoms with E-state index in [-0.39, 0.29) is 28.7 Å². The molecule has 2 heterocycles. The summed E-state index contributed by atoms with van der Waals surface area (Å²) in [6.07, 6.45) is 1.78. The second-order valence-electron chi connectivity index (χ2n) is 6.46. The highest BCUT2D eigenvalue weighted by Crippen LogP contribution is 2.40. The minimum atomic E-state index is -0.498. The summed E-state index contributed by atoms with van der Waals surface area (Å²) >= 11 is 0. The predicted molar refractivity (Wildman–Crippen MR) is 82.9 cm³/mol. The van der Waals surface area contributed by atoms with E-state index in [1.54, 1.807) is 4.90 Å². The Balaban J connectivity index is 1.73. The van der Waals surface area contributed by atoms with E-state index in [0.29, 0.717) is 44.5 Å². The summed E-state index contributed by atoms with van der Waals surface area (Å²) < 4.78 is 18.6. The highest BCUT2D eigenvalue weighted by molar-refractivity contribution is 5.99. The number of amides is 3. The fourth-order valence-electron chi connectivity index (χ4n) is 3.54. The van der Waals surface area contributed by atoms with Crippen molar-refractivity contribution in [3.8, 4) is 5.75 Å². The van der Waals surface area contributed by atoms with Gasteiger partial charge in [0.15, 0.2) is 0 Å². The third-order valence-corrected chi connectivity index (χ3v) is 4.85. The van der Waals surface area contributed by atoms with Gasteiger partial charge in [-0.05, 0) is 36.5 Å². The molecule has 0 radical (unpaired) electrons. The van der Waals surface area contributed by atoms with Crippen molar-refractivity contribution >= 4 is 17.7 Å². The minimum Gasteiger partial charge on any atom is -0.496 e. The number of carbonyl (C=O) groups is 3. The predicted octanol–water partition coefficient (Wildman–Crippen LogP) is 1.49. The number of methoxy groups -OCH3 is 1. The lowest BCUT2D eigenvalue weighted by Gasteiger charge is -2.43. The first-order chi connectivity index (χ1) is 11.4. The molecule has 0 aliphatic carbocycles. The van der Waals surface area contributed by atoms with Gasteiger partial charge in [0.25, 0.3) is 5.91 Å². The van der Waals surface area contributed by atoms with E-state index < -0.39 is 5.82 Å². The quantitative estimate of drug-likeness (QED) is 0.832. The van der Waals surface area contributed by atoms with Crippen LogP contribution in [-0.2, 0) is 9.59 Å². The van der Waals surface area contributed by atoms with Crippen LogP contribution in [0.1, 0.15) is 36.0 Å². The molecule has 1 aromatic rings. The molecule has 3 amide bonds. The zero-order chi connectivity index (χ0) is 17.3. The van der Waals surface area contributed by atoms with E-state index in [9.17, 15) is 18.8 Å². The van der Waals surface area contributed by atoms with E-state index in [2.05, 4.69) is 5.32 Å². The van der Waals surface area contributed by atoms with E-state index >= 15 is 0 Å². The van der Waals surface area contributed by atoms with Crippen LogP contribution in [0.4, 0.5) is 4.39 Å². The molecule has 2 fully saturated rings. The van der Waals surface area contributed by atoms with Gasteiger partial charge in [-0.3, -0.25) is 19.7 Å². The van der Waals surface area contributed by atoms with Crippen molar-refractivity contribution in [2.75, 3.05) is 20.2 Å². The molecule has 0 bridgehead atoms. The zero-order valence-electron chi connectivity index (χ0n) is 13.4. The van der Waals surface area contributed by atoms with Crippen LogP contribution >= 0.6 is 0 Å².